The van der Waals surface area contributed by atoms with E-state index in [1.165, 1.54) is 18.2 Å². The monoisotopic (exact) mass is 542 g/mol. The van der Waals surface area contributed by atoms with E-state index < -0.39 is 23.8 Å². The number of thiocarbonyl (C=S) groups is 1. The SMILES string of the molecule is Cc1cc(C2C(c3ccccn3)NC(=S)N2c2cc(Cl)ccc2O)c(C)n1-c1ccccc1C(F)(F)F. The maximum Gasteiger partial charge on any atom is 0.418 e. The first kappa shape index (κ1) is 25.1. The number of benzene rings is 2. The minimum atomic E-state index is -4.52. The summed E-state index contributed by atoms with van der Waals surface area (Å²) in [6.07, 6.45) is -2.86. The molecule has 3 heterocycles. The molecular weight excluding hydrogens is 521 g/mol. The van der Waals surface area contributed by atoms with E-state index in [2.05, 4.69) is 10.3 Å². The minimum absolute atomic E-state index is 0.0311. The average molecular weight is 543 g/mol. The summed E-state index contributed by atoms with van der Waals surface area (Å²) in [6, 6.07) is 16.5. The predicted molar refractivity (Wildman–Crippen MR) is 141 cm³/mol. The number of aromatic hydroxyl groups is 1. The van der Waals surface area contributed by atoms with E-state index in [0.29, 0.717) is 32.9 Å². The predicted octanol–water partition coefficient (Wildman–Crippen LogP) is 7.04. The number of phenols is 1. The molecule has 190 valence electrons. The Bertz CT molecular complexity index is 1490. The second-order valence-electron chi connectivity index (χ2n) is 8.81. The molecule has 1 aliphatic heterocycles. The summed E-state index contributed by atoms with van der Waals surface area (Å²) < 4.78 is 43.3. The van der Waals surface area contributed by atoms with Crippen LogP contribution in [0.1, 0.15) is 40.3 Å². The second-order valence-corrected chi connectivity index (χ2v) is 9.63. The van der Waals surface area contributed by atoms with E-state index >= 15 is 0 Å². The molecule has 4 aromatic rings. The highest BCUT2D eigenvalue weighted by molar-refractivity contribution is 7.80. The van der Waals surface area contributed by atoms with Gasteiger partial charge in [-0.3, -0.25) is 4.98 Å². The molecule has 0 saturated carbocycles. The summed E-state index contributed by atoms with van der Waals surface area (Å²) in [7, 11) is 0. The molecule has 0 bridgehead atoms. The lowest BCUT2D eigenvalue weighted by atomic mass is 9.96. The van der Waals surface area contributed by atoms with Crippen molar-refractivity contribution in [1.29, 1.82) is 0 Å². The summed E-state index contributed by atoms with van der Waals surface area (Å²) in [6.45, 7) is 3.55. The zero-order chi connectivity index (χ0) is 26.5. The van der Waals surface area contributed by atoms with Crippen molar-refractivity contribution in [2.75, 3.05) is 4.90 Å². The summed E-state index contributed by atoms with van der Waals surface area (Å²) in [4.78, 5) is 6.26. The first-order valence-electron chi connectivity index (χ1n) is 11.4. The Hall–Kier alpha value is -3.56. The Morgan fingerprint density at radius 1 is 1.00 bits per heavy atom. The van der Waals surface area contributed by atoms with Gasteiger partial charge in [0.25, 0.3) is 0 Å². The van der Waals surface area contributed by atoms with Crippen LogP contribution in [0.15, 0.2) is 72.9 Å². The van der Waals surface area contributed by atoms with Gasteiger partial charge in [-0.25, -0.2) is 0 Å². The van der Waals surface area contributed by atoms with Gasteiger partial charge in [0.2, 0.25) is 0 Å². The van der Waals surface area contributed by atoms with Crippen LogP contribution in [0.5, 0.6) is 5.75 Å². The Kier molecular flexibility index (Phi) is 6.37. The van der Waals surface area contributed by atoms with Crippen LogP contribution < -0.4 is 10.2 Å². The van der Waals surface area contributed by atoms with Crippen molar-refractivity contribution in [3.8, 4) is 11.4 Å². The number of nitrogens with one attached hydrogen (secondary N) is 1. The van der Waals surface area contributed by atoms with E-state index in [9.17, 15) is 18.3 Å². The van der Waals surface area contributed by atoms with Crippen molar-refractivity contribution >= 4 is 34.6 Å². The molecule has 37 heavy (non-hydrogen) atoms. The molecule has 5 rings (SSSR count). The molecule has 0 spiro atoms. The van der Waals surface area contributed by atoms with Crippen LogP contribution in [0, 0.1) is 13.8 Å². The fourth-order valence-electron chi connectivity index (χ4n) is 4.99. The van der Waals surface area contributed by atoms with Gasteiger partial charge in [-0.2, -0.15) is 13.2 Å². The average Bonchev–Trinajstić information content (AvgIpc) is 3.35. The molecule has 2 unspecified atom stereocenters. The van der Waals surface area contributed by atoms with E-state index in [1.54, 1.807) is 53.8 Å². The lowest BCUT2D eigenvalue weighted by molar-refractivity contribution is -0.137. The lowest BCUT2D eigenvalue weighted by Gasteiger charge is -2.29. The highest BCUT2D eigenvalue weighted by Crippen LogP contribution is 2.47. The van der Waals surface area contributed by atoms with Crippen LogP contribution in [0.25, 0.3) is 5.69 Å². The topological polar surface area (TPSA) is 53.3 Å². The number of aryl methyl sites for hydroxylation is 1. The molecule has 10 heteroatoms. The van der Waals surface area contributed by atoms with Crippen molar-refractivity contribution in [1.82, 2.24) is 14.9 Å². The number of para-hydroxylation sites is 1. The first-order chi connectivity index (χ1) is 17.6. The molecule has 1 aliphatic rings. The maximum atomic E-state index is 13.9. The van der Waals surface area contributed by atoms with Crippen molar-refractivity contribution < 1.29 is 18.3 Å². The number of nitrogens with zero attached hydrogens (tertiary/aromatic N) is 3. The smallest absolute Gasteiger partial charge is 0.418 e. The highest BCUT2D eigenvalue weighted by Gasteiger charge is 2.43. The largest absolute Gasteiger partial charge is 0.506 e. The van der Waals surface area contributed by atoms with Crippen LogP contribution in [0.2, 0.25) is 5.02 Å². The number of hydrogen-bond acceptors (Lipinski definition) is 3. The van der Waals surface area contributed by atoms with Gasteiger partial charge in [0.05, 0.1) is 34.7 Å². The molecule has 0 aliphatic carbocycles. The van der Waals surface area contributed by atoms with Crippen LogP contribution in [0.3, 0.4) is 0 Å². The quantitative estimate of drug-likeness (QED) is 0.271. The van der Waals surface area contributed by atoms with Crippen molar-refractivity contribution in [2.24, 2.45) is 0 Å². The van der Waals surface area contributed by atoms with Crippen LogP contribution in [0.4, 0.5) is 18.9 Å². The van der Waals surface area contributed by atoms with Gasteiger partial charge in [-0.1, -0.05) is 29.8 Å². The molecule has 2 N–H and O–H groups in total. The van der Waals surface area contributed by atoms with Crippen molar-refractivity contribution in [3.05, 3.63) is 106 Å². The number of halogens is 4. The Morgan fingerprint density at radius 3 is 2.43 bits per heavy atom. The molecule has 0 amide bonds. The van der Waals surface area contributed by atoms with Gasteiger partial charge in [-0.05, 0) is 80.2 Å². The van der Waals surface area contributed by atoms with Gasteiger partial charge in [0.1, 0.15) is 5.75 Å². The zero-order valence-electron chi connectivity index (χ0n) is 19.8. The fraction of sp³-hybridized carbons (Fsp3) is 0.185. The van der Waals surface area contributed by atoms with E-state index in [1.807, 2.05) is 18.2 Å². The standard InChI is InChI=1S/C27H22ClF3N4OS/c1-15-13-18(16(2)34(15)21-9-4-3-7-19(21)27(29,30)31)25-24(20-8-5-6-12-32-20)33-26(37)35(25)22-14-17(28)10-11-23(22)36/h3-14,24-25,36H,1-2H3,(H,33,37). The maximum absolute atomic E-state index is 13.9. The van der Waals surface area contributed by atoms with Gasteiger partial charge < -0.3 is 19.9 Å². The molecule has 5 nitrogen and oxygen atoms in total. The van der Waals surface area contributed by atoms with Gasteiger partial charge >= 0.3 is 6.18 Å². The van der Waals surface area contributed by atoms with E-state index in [-0.39, 0.29) is 11.4 Å². The molecule has 1 fully saturated rings. The Balaban J connectivity index is 1.73. The fourth-order valence-corrected chi connectivity index (χ4v) is 5.49. The Morgan fingerprint density at radius 2 is 1.73 bits per heavy atom. The number of phenolic OH excluding ortho intramolecular Hbond substituents is 1. The summed E-state index contributed by atoms with van der Waals surface area (Å²) in [5, 5.41) is 14.8. The van der Waals surface area contributed by atoms with E-state index in [4.69, 9.17) is 23.8 Å². The van der Waals surface area contributed by atoms with Gasteiger partial charge in [0.15, 0.2) is 5.11 Å². The second kappa shape index (κ2) is 9.39. The summed E-state index contributed by atoms with van der Waals surface area (Å²) in [5.74, 6) is -0.0311. The third-order valence-electron chi connectivity index (χ3n) is 6.53. The molecule has 2 aromatic heterocycles. The van der Waals surface area contributed by atoms with Crippen LogP contribution >= 0.6 is 23.8 Å². The molecular formula is C27H22ClF3N4OS. The highest BCUT2D eigenvalue weighted by atomic mass is 35.5. The molecule has 1 saturated heterocycles. The first-order valence-corrected chi connectivity index (χ1v) is 12.2. The molecule has 0 radical (unpaired) electrons. The van der Waals surface area contributed by atoms with Crippen molar-refractivity contribution in [2.45, 2.75) is 32.1 Å². The molecule has 2 aromatic carbocycles. The minimum Gasteiger partial charge on any atom is -0.506 e. The van der Waals surface area contributed by atoms with Crippen LogP contribution in [-0.2, 0) is 6.18 Å². The number of aromatic nitrogens is 2. The molecule has 2 atom stereocenters. The van der Waals surface area contributed by atoms with Crippen molar-refractivity contribution in [3.63, 3.8) is 0 Å². The summed E-state index contributed by atoms with van der Waals surface area (Å²) >= 11 is 12.0. The third-order valence-corrected chi connectivity index (χ3v) is 7.08. The normalized spacial score (nSPS) is 17.8. The van der Waals surface area contributed by atoms with E-state index in [0.717, 1.165) is 11.6 Å². The summed E-state index contributed by atoms with van der Waals surface area (Å²) in [5.41, 5.74) is 2.35. The number of rotatable bonds is 4. The third kappa shape index (κ3) is 4.42. The lowest BCUT2D eigenvalue weighted by Crippen LogP contribution is -2.29. The zero-order valence-corrected chi connectivity index (χ0v) is 21.4. The van der Waals surface area contributed by atoms with Gasteiger partial charge in [-0.15, -0.1) is 0 Å². The number of anilines is 1. The number of alkyl halides is 3. The van der Waals surface area contributed by atoms with Gasteiger partial charge in [0, 0.05) is 22.6 Å². The van der Waals surface area contributed by atoms with Crippen LogP contribution in [-0.4, -0.2) is 19.8 Å². The number of pyridine rings is 1. The Labute approximate surface area is 222 Å². The number of hydrogen-bond donors (Lipinski definition) is 2.